The number of hydrogen-bond acceptors (Lipinski definition) is 1. The number of fused-ring (bicyclic) bond motifs is 1. The Bertz CT molecular complexity index is 792. The molecule has 1 aromatic heterocycles. The van der Waals surface area contributed by atoms with Gasteiger partial charge in [0.05, 0.1) is 0 Å². The number of thiocarbonyl (C=S) groups is 1. The van der Waals surface area contributed by atoms with Gasteiger partial charge >= 0.3 is 0 Å². The van der Waals surface area contributed by atoms with Gasteiger partial charge < -0.3 is 10.3 Å². The van der Waals surface area contributed by atoms with E-state index in [0.29, 0.717) is 4.99 Å². The minimum absolute atomic E-state index is 0.436. The molecule has 4 heteroatoms. The van der Waals surface area contributed by atoms with Crippen molar-refractivity contribution in [1.82, 2.24) is 4.57 Å². The first-order chi connectivity index (χ1) is 9.65. The first kappa shape index (κ1) is 13.3. The summed E-state index contributed by atoms with van der Waals surface area (Å²) in [5.74, 6) is 0. The Morgan fingerprint density at radius 2 is 1.95 bits per heavy atom. The molecule has 2 nitrogen and oxygen atoms in total. The Morgan fingerprint density at radius 1 is 1.15 bits per heavy atom. The molecular formula is C16H13BrN2S. The van der Waals surface area contributed by atoms with E-state index in [0.717, 1.165) is 22.0 Å². The van der Waals surface area contributed by atoms with E-state index in [-0.39, 0.29) is 0 Å². The van der Waals surface area contributed by atoms with Crippen LogP contribution in [0.1, 0.15) is 11.1 Å². The van der Waals surface area contributed by atoms with E-state index in [1.807, 2.05) is 18.2 Å². The molecule has 3 aromatic rings. The van der Waals surface area contributed by atoms with Crippen LogP contribution < -0.4 is 5.73 Å². The van der Waals surface area contributed by atoms with Crippen molar-refractivity contribution in [3.63, 3.8) is 0 Å². The first-order valence-corrected chi connectivity index (χ1v) is 7.47. The summed E-state index contributed by atoms with van der Waals surface area (Å²) in [5.41, 5.74) is 9.02. The van der Waals surface area contributed by atoms with Crippen LogP contribution in [0, 0.1) is 0 Å². The molecule has 0 aliphatic carbocycles. The second-order valence-electron chi connectivity index (χ2n) is 4.67. The molecule has 0 radical (unpaired) electrons. The van der Waals surface area contributed by atoms with Gasteiger partial charge in [-0.3, -0.25) is 0 Å². The van der Waals surface area contributed by atoms with E-state index in [1.54, 1.807) is 0 Å². The van der Waals surface area contributed by atoms with Gasteiger partial charge in [0, 0.05) is 33.7 Å². The molecular weight excluding hydrogens is 332 g/mol. The maximum Gasteiger partial charge on any atom is 0.104 e. The molecule has 0 unspecified atom stereocenters. The fourth-order valence-electron chi connectivity index (χ4n) is 2.30. The molecule has 0 amide bonds. The highest BCUT2D eigenvalue weighted by atomic mass is 79.9. The zero-order chi connectivity index (χ0) is 14.1. The minimum atomic E-state index is 0.436. The number of hydrogen-bond donors (Lipinski definition) is 1. The summed E-state index contributed by atoms with van der Waals surface area (Å²) in [6, 6.07) is 16.4. The highest BCUT2D eigenvalue weighted by Gasteiger charge is 2.05. The van der Waals surface area contributed by atoms with Gasteiger partial charge in [-0.05, 0) is 35.9 Å². The van der Waals surface area contributed by atoms with Crippen molar-refractivity contribution in [2.45, 2.75) is 6.54 Å². The maximum atomic E-state index is 5.67. The number of rotatable bonds is 3. The highest BCUT2D eigenvalue weighted by molar-refractivity contribution is 9.10. The standard InChI is InChI=1S/C16H13BrN2S/c17-14-4-2-1-3-13(14)10-19-8-7-11-9-12(16(18)20)5-6-15(11)19/h1-9H,10H2,(H2,18,20). The van der Waals surface area contributed by atoms with E-state index in [9.17, 15) is 0 Å². The summed E-state index contributed by atoms with van der Waals surface area (Å²) < 4.78 is 3.35. The summed E-state index contributed by atoms with van der Waals surface area (Å²) >= 11 is 8.61. The van der Waals surface area contributed by atoms with Crippen molar-refractivity contribution in [2.24, 2.45) is 5.73 Å². The van der Waals surface area contributed by atoms with Gasteiger partial charge in [-0.1, -0.05) is 46.3 Å². The quantitative estimate of drug-likeness (QED) is 0.725. The molecule has 3 rings (SSSR count). The van der Waals surface area contributed by atoms with Gasteiger partial charge in [-0.25, -0.2) is 0 Å². The molecule has 1 heterocycles. The molecule has 0 spiro atoms. The molecule has 2 N–H and O–H groups in total. The number of aromatic nitrogens is 1. The third-order valence-corrected chi connectivity index (χ3v) is 4.36. The lowest BCUT2D eigenvalue weighted by molar-refractivity contribution is 0.833. The van der Waals surface area contributed by atoms with E-state index in [1.165, 1.54) is 11.1 Å². The van der Waals surface area contributed by atoms with Gasteiger partial charge in [0.2, 0.25) is 0 Å². The molecule has 0 bridgehead atoms. The Hall–Kier alpha value is -1.65. The van der Waals surface area contributed by atoms with Crippen LogP contribution in [0.25, 0.3) is 10.9 Å². The lowest BCUT2D eigenvalue weighted by Gasteiger charge is -2.08. The summed E-state index contributed by atoms with van der Waals surface area (Å²) in [4.78, 5) is 0.436. The molecule has 0 saturated carbocycles. The van der Waals surface area contributed by atoms with Crippen LogP contribution in [0.2, 0.25) is 0 Å². The summed E-state index contributed by atoms with van der Waals surface area (Å²) in [6.07, 6.45) is 2.09. The van der Waals surface area contributed by atoms with E-state index in [4.69, 9.17) is 18.0 Å². The lowest BCUT2D eigenvalue weighted by Crippen LogP contribution is -2.08. The van der Waals surface area contributed by atoms with Crippen LogP contribution >= 0.6 is 28.1 Å². The smallest absolute Gasteiger partial charge is 0.104 e. The highest BCUT2D eigenvalue weighted by Crippen LogP contribution is 2.22. The average Bonchev–Trinajstić information content (AvgIpc) is 2.84. The van der Waals surface area contributed by atoms with Crippen LogP contribution in [0.5, 0.6) is 0 Å². The lowest BCUT2D eigenvalue weighted by atomic mass is 10.1. The van der Waals surface area contributed by atoms with Gasteiger partial charge in [-0.15, -0.1) is 0 Å². The molecule has 0 aliphatic heterocycles. The van der Waals surface area contributed by atoms with Crippen molar-refractivity contribution < 1.29 is 0 Å². The molecule has 2 aromatic carbocycles. The largest absolute Gasteiger partial charge is 0.389 e. The Morgan fingerprint density at radius 3 is 2.70 bits per heavy atom. The number of benzene rings is 2. The second-order valence-corrected chi connectivity index (χ2v) is 5.97. The average molecular weight is 345 g/mol. The van der Waals surface area contributed by atoms with Crippen molar-refractivity contribution in [3.05, 3.63) is 70.3 Å². The second kappa shape index (κ2) is 5.38. The first-order valence-electron chi connectivity index (χ1n) is 6.27. The van der Waals surface area contributed by atoms with Crippen molar-refractivity contribution >= 4 is 44.0 Å². The zero-order valence-electron chi connectivity index (χ0n) is 10.7. The third-order valence-electron chi connectivity index (χ3n) is 3.35. The van der Waals surface area contributed by atoms with Gasteiger partial charge in [0.1, 0.15) is 4.99 Å². The Kier molecular flexibility index (Phi) is 3.59. The molecule has 0 saturated heterocycles. The zero-order valence-corrected chi connectivity index (χ0v) is 13.1. The van der Waals surface area contributed by atoms with Crippen molar-refractivity contribution in [1.29, 1.82) is 0 Å². The predicted octanol–water partition coefficient (Wildman–Crippen LogP) is 4.09. The molecule has 0 fully saturated rings. The Labute approximate surface area is 131 Å². The van der Waals surface area contributed by atoms with E-state index >= 15 is 0 Å². The monoisotopic (exact) mass is 344 g/mol. The summed E-state index contributed by atoms with van der Waals surface area (Å²) in [5, 5.41) is 1.15. The SMILES string of the molecule is NC(=S)c1ccc2c(ccn2Cc2ccccc2Br)c1. The van der Waals surface area contributed by atoms with Crippen molar-refractivity contribution in [2.75, 3.05) is 0 Å². The van der Waals surface area contributed by atoms with E-state index in [2.05, 4.69) is 57.0 Å². The molecule has 0 atom stereocenters. The summed E-state index contributed by atoms with van der Waals surface area (Å²) in [6.45, 7) is 0.831. The number of halogens is 1. The topological polar surface area (TPSA) is 30.9 Å². The number of nitrogens with zero attached hydrogens (tertiary/aromatic N) is 1. The van der Waals surface area contributed by atoms with Gasteiger partial charge in [0.25, 0.3) is 0 Å². The fraction of sp³-hybridized carbons (Fsp3) is 0.0625. The van der Waals surface area contributed by atoms with Crippen LogP contribution in [-0.4, -0.2) is 9.56 Å². The maximum absolute atomic E-state index is 5.67. The minimum Gasteiger partial charge on any atom is -0.389 e. The molecule has 100 valence electrons. The van der Waals surface area contributed by atoms with Crippen LogP contribution in [-0.2, 0) is 6.54 Å². The van der Waals surface area contributed by atoms with E-state index < -0.39 is 0 Å². The predicted molar refractivity (Wildman–Crippen MR) is 91.1 cm³/mol. The van der Waals surface area contributed by atoms with Gasteiger partial charge in [0.15, 0.2) is 0 Å². The molecule has 0 aliphatic rings. The van der Waals surface area contributed by atoms with Crippen LogP contribution in [0.4, 0.5) is 0 Å². The van der Waals surface area contributed by atoms with Crippen molar-refractivity contribution in [3.8, 4) is 0 Å². The van der Waals surface area contributed by atoms with Crippen LogP contribution in [0.15, 0.2) is 59.2 Å². The fourth-order valence-corrected chi connectivity index (χ4v) is 2.84. The Balaban J connectivity index is 2.01. The normalized spacial score (nSPS) is 10.8. The summed E-state index contributed by atoms with van der Waals surface area (Å²) in [7, 11) is 0. The third kappa shape index (κ3) is 2.49. The number of nitrogens with two attached hydrogens (primary N) is 1. The van der Waals surface area contributed by atoms with Crippen LogP contribution in [0.3, 0.4) is 0 Å². The molecule has 20 heavy (non-hydrogen) atoms. The van der Waals surface area contributed by atoms with Gasteiger partial charge in [-0.2, -0.15) is 0 Å².